The number of hydrogen-bond donors (Lipinski definition) is 1. The molecule has 2 aromatic carbocycles. The average Bonchev–Trinajstić information content (AvgIpc) is 3.60. The summed E-state index contributed by atoms with van der Waals surface area (Å²) in [6.07, 6.45) is 7.91. The summed E-state index contributed by atoms with van der Waals surface area (Å²) in [7, 11) is 0. The number of hydrogen-bond acceptors (Lipinski definition) is 4. The van der Waals surface area contributed by atoms with E-state index < -0.39 is 5.91 Å². The maximum Gasteiger partial charge on any atom is 0.316 e. The molecule has 7 heteroatoms. The summed E-state index contributed by atoms with van der Waals surface area (Å²) in [6, 6.07) is 23.6. The molecule has 1 amide bonds. The predicted molar refractivity (Wildman–Crippen MR) is 116 cm³/mol. The van der Waals surface area contributed by atoms with Crippen molar-refractivity contribution in [2.75, 3.05) is 0 Å². The molecule has 3 aromatic heterocycles. The van der Waals surface area contributed by atoms with Crippen LogP contribution in [0.4, 0.5) is 0 Å². The lowest BCUT2D eigenvalue weighted by atomic mass is 10.2. The first-order chi connectivity index (χ1) is 15.3. The van der Waals surface area contributed by atoms with E-state index in [1.165, 1.54) is 0 Å². The van der Waals surface area contributed by atoms with E-state index in [4.69, 9.17) is 4.52 Å². The van der Waals surface area contributed by atoms with Crippen LogP contribution in [0, 0.1) is 0 Å². The topological polar surface area (TPSA) is 77.9 Å². The average molecular weight is 409 g/mol. The molecule has 0 aliphatic carbocycles. The van der Waals surface area contributed by atoms with Crippen LogP contribution in [0.1, 0.15) is 16.2 Å². The smallest absolute Gasteiger partial charge is 0.316 e. The Morgan fingerprint density at radius 1 is 0.806 bits per heavy atom. The Kier molecular flexibility index (Phi) is 4.90. The van der Waals surface area contributed by atoms with Crippen LogP contribution < -0.4 is 5.32 Å². The van der Waals surface area contributed by atoms with Crippen molar-refractivity contribution in [3.8, 4) is 22.8 Å². The highest BCUT2D eigenvalue weighted by Crippen LogP contribution is 2.18. The standard InChI is InChI=1S/C24H19N5O2/c30-23(25-17-18-5-9-20(10-6-18)28-13-1-2-14-28)24-26-22(27-31-24)19-7-11-21(12-8-19)29-15-3-4-16-29/h1-16H,17H2,(H,25,30). The molecule has 0 spiro atoms. The van der Waals surface area contributed by atoms with Crippen molar-refractivity contribution in [1.82, 2.24) is 24.6 Å². The number of aromatic nitrogens is 4. The highest BCUT2D eigenvalue weighted by molar-refractivity contribution is 5.89. The first-order valence-corrected chi connectivity index (χ1v) is 9.84. The minimum Gasteiger partial charge on any atom is -0.344 e. The van der Waals surface area contributed by atoms with Crippen LogP contribution in [0.15, 0.2) is 102 Å². The summed E-state index contributed by atoms with van der Waals surface area (Å²) in [5, 5.41) is 6.76. The van der Waals surface area contributed by atoms with Gasteiger partial charge in [-0.1, -0.05) is 17.3 Å². The molecule has 5 aromatic rings. The van der Waals surface area contributed by atoms with Crippen molar-refractivity contribution in [3.63, 3.8) is 0 Å². The molecule has 31 heavy (non-hydrogen) atoms. The van der Waals surface area contributed by atoms with Crippen molar-refractivity contribution in [1.29, 1.82) is 0 Å². The van der Waals surface area contributed by atoms with Crippen LogP contribution >= 0.6 is 0 Å². The fourth-order valence-corrected chi connectivity index (χ4v) is 3.27. The molecule has 5 rings (SSSR count). The van der Waals surface area contributed by atoms with Crippen LogP contribution in [0.2, 0.25) is 0 Å². The van der Waals surface area contributed by atoms with Gasteiger partial charge < -0.3 is 19.0 Å². The van der Waals surface area contributed by atoms with Gasteiger partial charge in [-0.25, -0.2) is 0 Å². The second kappa shape index (κ2) is 8.16. The van der Waals surface area contributed by atoms with Gasteiger partial charge in [-0.15, -0.1) is 0 Å². The largest absolute Gasteiger partial charge is 0.344 e. The quantitative estimate of drug-likeness (QED) is 0.455. The van der Waals surface area contributed by atoms with Crippen LogP contribution in [0.25, 0.3) is 22.8 Å². The maximum absolute atomic E-state index is 12.4. The van der Waals surface area contributed by atoms with Crippen LogP contribution in [-0.4, -0.2) is 25.2 Å². The number of benzene rings is 2. The SMILES string of the molecule is O=C(NCc1ccc(-n2cccc2)cc1)c1nc(-c2ccc(-n3cccc3)cc2)no1. The molecule has 0 aliphatic rings. The third-order valence-corrected chi connectivity index (χ3v) is 4.94. The summed E-state index contributed by atoms with van der Waals surface area (Å²) in [5.41, 5.74) is 3.84. The van der Waals surface area contributed by atoms with Crippen molar-refractivity contribution in [2.24, 2.45) is 0 Å². The second-order valence-corrected chi connectivity index (χ2v) is 7.00. The molecule has 3 heterocycles. The van der Waals surface area contributed by atoms with E-state index in [1.807, 2.05) is 107 Å². The van der Waals surface area contributed by atoms with Crippen molar-refractivity contribution in [3.05, 3.63) is 109 Å². The molecule has 0 saturated carbocycles. The van der Waals surface area contributed by atoms with Crippen LogP contribution in [0.5, 0.6) is 0 Å². The maximum atomic E-state index is 12.4. The number of carbonyl (C=O) groups excluding carboxylic acids is 1. The highest BCUT2D eigenvalue weighted by atomic mass is 16.5. The van der Waals surface area contributed by atoms with Crippen molar-refractivity contribution >= 4 is 5.91 Å². The number of amides is 1. The minimum atomic E-state index is -0.405. The van der Waals surface area contributed by atoms with Gasteiger partial charge in [-0.2, -0.15) is 4.98 Å². The highest BCUT2D eigenvalue weighted by Gasteiger charge is 2.16. The van der Waals surface area contributed by atoms with Gasteiger partial charge in [0.05, 0.1) is 0 Å². The van der Waals surface area contributed by atoms with Gasteiger partial charge in [-0.3, -0.25) is 4.79 Å². The Bertz CT molecular complexity index is 1270. The summed E-state index contributed by atoms with van der Waals surface area (Å²) < 4.78 is 9.18. The lowest BCUT2D eigenvalue weighted by Gasteiger charge is -2.06. The van der Waals surface area contributed by atoms with Crippen molar-refractivity contribution in [2.45, 2.75) is 6.54 Å². The molecule has 0 unspecified atom stereocenters. The zero-order valence-corrected chi connectivity index (χ0v) is 16.6. The third kappa shape index (κ3) is 4.02. The number of nitrogens with one attached hydrogen (secondary N) is 1. The lowest BCUT2D eigenvalue weighted by molar-refractivity contribution is 0.0907. The summed E-state index contributed by atoms with van der Waals surface area (Å²) >= 11 is 0. The van der Waals surface area contributed by atoms with Gasteiger partial charge in [-0.05, 0) is 66.2 Å². The summed E-state index contributed by atoms with van der Waals surface area (Å²) in [4.78, 5) is 16.6. The molecule has 0 bridgehead atoms. The van der Waals surface area contributed by atoms with Gasteiger partial charge in [0.1, 0.15) is 0 Å². The first kappa shape index (κ1) is 18.6. The number of rotatable bonds is 6. The Morgan fingerprint density at radius 3 is 1.94 bits per heavy atom. The Labute approximate surface area is 178 Å². The van der Waals surface area contributed by atoms with E-state index in [1.54, 1.807) is 0 Å². The van der Waals surface area contributed by atoms with Gasteiger partial charge in [0.15, 0.2) is 0 Å². The third-order valence-electron chi connectivity index (χ3n) is 4.94. The second-order valence-electron chi connectivity index (χ2n) is 7.00. The van der Waals surface area contributed by atoms with E-state index in [2.05, 4.69) is 15.5 Å². The molecule has 152 valence electrons. The molecular weight excluding hydrogens is 390 g/mol. The zero-order chi connectivity index (χ0) is 21.0. The molecule has 0 aliphatic heterocycles. The monoisotopic (exact) mass is 409 g/mol. The normalized spacial score (nSPS) is 10.8. The number of nitrogens with zero attached hydrogens (tertiary/aromatic N) is 4. The van der Waals surface area contributed by atoms with Crippen molar-refractivity contribution < 1.29 is 9.32 Å². The van der Waals surface area contributed by atoms with Gasteiger partial charge in [0.25, 0.3) is 0 Å². The fraction of sp³-hybridized carbons (Fsp3) is 0.0417. The molecule has 0 atom stereocenters. The molecule has 0 radical (unpaired) electrons. The molecule has 7 nitrogen and oxygen atoms in total. The van der Waals surface area contributed by atoms with E-state index in [-0.39, 0.29) is 5.89 Å². The Balaban J connectivity index is 1.22. The predicted octanol–water partition coefficient (Wildman–Crippen LogP) is 4.25. The van der Waals surface area contributed by atoms with Crippen LogP contribution in [0.3, 0.4) is 0 Å². The summed E-state index contributed by atoms with van der Waals surface area (Å²) in [6.45, 7) is 0.369. The lowest BCUT2D eigenvalue weighted by Crippen LogP contribution is -2.23. The van der Waals surface area contributed by atoms with Gasteiger partial charge in [0, 0.05) is 48.3 Å². The van der Waals surface area contributed by atoms with E-state index in [9.17, 15) is 4.79 Å². The van der Waals surface area contributed by atoms with Crippen LogP contribution in [-0.2, 0) is 6.54 Å². The van der Waals surface area contributed by atoms with Gasteiger partial charge in [0.2, 0.25) is 5.82 Å². The Morgan fingerprint density at radius 2 is 1.35 bits per heavy atom. The molecule has 1 N–H and O–H groups in total. The van der Waals surface area contributed by atoms with E-state index in [0.29, 0.717) is 12.4 Å². The van der Waals surface area contributed by atoms with E-state index in [0.717, 1.165) is 22.5 Å². The fourth-order valence-electron chi connectivity index (χ4n) is 3.27. The minimum absolute atomic E-state index is 0.0616. The number of carbonyl (C=O) groups is 1. The van der Waals surface area contributed by atoms with Gasteiger partial charge >= 0.3 is 11.8 Å². The molecular formula is C24H19N5O2. The zero-order valence-electron chi connectivity index (χ0n) is 16.6. The summed E-state index contributed by atoms with van der Waals surface area (Å²) in [5.74, 6) is -0.0917. The molecule has 0 saturated heterocycles. The first-order valence-electron chi connectivity index (χ1n) is 9.84. The van der Waals surface area contributed by atoms with E-state index >= 15 is 0 Å². The molecule has 0 fully saturated rings. The Hall–Kier alpha value is -4.39.